The normalized spacial score (nSPS) is 11.3. The molecule has 19 heavy (non-hydrogen) atoms. The van der Waals surface area contributed by atoms with Crippen molar-refractivity contribution >= 4 is 11.4 Å². The number of nitrogens with zero attached hydrogens (tertiary/aromatic N) is 2. The Kier molecular flexibility index (Phi) is 3.30. The first-order valence-electron chi connectivity index (χ1n) is 6.14. The average molecular weight is 255 g/mol. The summed E-state index contributed by atoms with van der Waals surface area (Å²) >= 11 is 0. The minimum atomic E-state index is -0.255. The van der Waals surface area contributed by atoms with Gasteiger partial charge in [0.2, 0.25) is 5.82 Å². The number of amides is 1. The van der Waals surface area contributed by atoms with Crippen molar-refractivity contribution < 1.29 is 4.79 Å². The van der Waals surface area contributed by atoms with Crippen LogP contribution in [-0.4, -0.2) is 21.8 Å². The van der Waals surface area contributed by atoms with Crippen LogP contribution in [0.5, 0.6) is 0 Å². The van der Waals surface area contributed by atoms with E-state index in [0.717, 1.165) is 11.2 Å². The number of hydrogen-bond acceptors (Lipinski definition) is 2. The summed E-state index contributed by atoms with van der Waals surface area (Å²) in [6, 6.07) is 5.78. The Morgan fingerprint density at radius 3 is 2.84 bits per heavy atom. The number of hydrogen-bond donors (Lipinski definition) is 1. The van der Waals surface area contributed by atoms with Crippen LogP contribution in [0.25, 0.3) is 5.52 Å². The van der Waals surface area contributed by atoms with Gasteiger partial charge in [-0.1, -0.05) is 32.8 Å². The smallest absolute Gasteiger partial charge is 0.288 e. The molecule has 0 bridgehead atoms. The van der Waals surface area contributed by atoms with E-state index in [1.54, 1.807) is 4.40 Å². The maximum absolute atomic E-state index is 12.1. The highest BCUT2D eigenvalue weighted by atomic mass is 16.2. The molecule has 2 aromatic heterocycles. The van der Waals surface area contributed by atoms with Gasteiger partial charge in [-0.25, -0.2) is 4.98 Å². The van der Waals surface area contributed by atoms with Crippen molar-refractivity contribution in [2.24, 2.45) is 0 Å². The van der Waals surface area contributed by atoms with Gasteiger partial charge in [-0.3, -0.25) is 9.20 Å². The quantitative estimate of drug-likeness (QED) is 0.834. The van der Waals surface area contributed by atoms with Gasteiger partial charge >= 0.3 is 0 Å². The van der Waals surface area contributed by atoms with Gasteiger partial charge in [0, 0.05) is 11.6 Å². The number of carbonyl (C=O) groups is 1. The molecule has 0 saturated carbocycles. The predicted molar refractivity (Wildman–Crippen MR) is 75.1 cm³/mol. The van der Waals surface area contributed by atoms with E-state index in [-0.39, 0.29) is 17.9 Å². The molecule has 0 aliphatic heterocycles. The van der Waals surface area contributed by atoms with Gasteiger partial charge in [0.05, 0.1) is 17.8 Å². The van der Waals surface area contributed by atoms with Crippen LogP contribution in [0, 0.1) is 12.3 Å². The summed E-state index contributed by atoms with van der Waals surface area (Å²) in [6.45, 7) is 6.42. The maximum atomic E-state index is 12.1. The lowest BCUT2D eigenvalue weighted by Crippen LogP contribution is -2.25. The fourth-order valence-electron chi connectivity index (χ4n) is 1.96. The molecule has 0 aliphatic carbocycles. The number of carbonyl (C=O) groups excluding carboxylic acids is 1. The van der Waals surface area contributed by atoms with Crippen molar-refractivity contribution in [3.8, 4) is 12.3 Å². The lowest BCUT2D eigenvalue weighted by Gasteiger charge is -2.15. The molecule has 2 aromatic rings. The standard InChI is InChI=1S/C15H17N3O/c1-5-9-16-14(19)13-17-12(15(2,3)4)11-8-6-7-10-18(11)13/h1,6-8,10H,9H2,2-4H3,(H,16,19). The first-order valence-corrected chi connectivity index (χ1v) is 6.14. The molecular formula is C15H17N3O. The summed E-state index contributed by atoms with van der Waals surface area (Å²) < 4.78 is 1.80. The largest absolute Gasteiger partial charge is 0.338 e. The SMILES string of the molecule is C#CCNC(=O)c1nc(C(C)(C)C)c2ccccn12. The Bertz CT molecular complexity index is 656. The fourth-order valence-corrected chi connectivity index (χ4v) is 1.96. The molecule has 0 aromatic carbocycles. The number of rotatable bonds is 2. The summed E-state index contributed by atoms with van der Waals surface area (Å²) in [5.74, 6) is 2.50. The van der Waals surface area contributed by atoms with Gasteiger partial charge in [0.1, 0.15) is 0 Å². The van der Waals surface area contributed by atoms with Gasteiger partial charge in [0.15, 0.2) is 0 Å². The predicted octanol–water partition coefficient (Wildman–Crippen LogP) is 1.99. The lowest BCUT2D eigenvalue weighted by atomic mass is 9.91. The van der Waals surface area contributed by atoms with Gasteiger partial charge in [0.25, 0.3) is 5.91 Å². The summed E-state index contributed by atoms with van der Waals surface area (Å²) in [7, 11) is 0. The Labute approximate surface area is 112 Å². The maximum Gasteiger partial charge on any atom is 0.288 e. The molecule has 0 unspecified atom stereocenters. The number of pyridine rings is 1. The summed E-state index contributed by atoms with van der Waals surface area (Å²) in [4.78, 5) is 16.6. The molecule has 4 nitrogen and oxygen atoms in total. The summed E-state index contributed by atoms with van der Waals surface area (Å²) in [5, 5.41) is 2.65. The first kappa shape index (κ1) is 13.2. The second-order valence-corrected chi connectivity index (χ2v) is 5.38. The molecule has 4 heteroatoms. The average Bonchev–Trinajstić information content (AvgIpc) is 2.75. The third kappa shape index (κ3) is 2.45. The van der Waals surface area contributed by atoms with Crippen molar-refractivity contribution in [3.05, 3.63) is 35.9 Å². The van der Waals surface area contributed by atoms with Gasteiger partial charge in [-0.15, -0.1) is 6.42 Å². The van der Waals surface area contributed by atoms with Gasteiger partial charge in [-0.05, 0) is 12.1 Å². The van der Waals surface area contributed by atoms with Crippen LogP contribution < -0.4 is 5.32 Å². The molecule has 2 rings (SSSR count). The van der Waals surface area contributed by atoms with E-state index in [0.29, 0.717) is 5.82 Å². The zero-order chi connectivity index (χ0) is 14.0. The topological polar surface area (TPSA) is 46.4 Å². The summed E-state index contributed by atoms with van der Waals surface area (Å²) in [5.41, 5.74) is 1.72. The Morgan fingerprint density at radius 1 is 1.47 bits per heavy atom. The second kappa shape index (κ2) is 4.77. The van der Waals surface area contributed by atoms with E-state index in [1.807, 2.05) is 24.4 Å². The molecule has 0 atom stereocenters. The zero-order valence-corrected chi connectivity index (χ0v) is 11.4. The molecule has 0 fully saturated rings. The van der Waals surface area contributed by atoms with E-state index in [1.165, 1.54) is 0 Å². The molecule has 1 amide bonds. The third-order valence-corrected chi connectivity index (χ3v) is 2.81. The lowest BCUT2D eigenvalue weighted by molar-refractivity contribution is 0.0947. The van der Waals surface area contributed by atoms with Crippen molar-refractivity contribution in [3.63, 3.8) is 0 Å². The highest BCUT2D eigenvalue weighted by molar-refractivity contribution is 5.92. The van der Waals surface area contributed by atoms with E-state index >= 15 is 0 Å². The number of terminal acetylenes is 1. The summed E-state index contributed by atoms with van der Waals surface area (Å²) in [6.07, 6.45) is 6.99. The van der Waals surface area contributed by atoms with E-state index < -0.39 is 0 Å². The van der Waals surface area contributed by atoms with E-state index in [2.05, 4.69) is 37.0 Å². The molecule has 98 valence electrons. The van der Waals surface area contributed by atoms with Crippen LogP contribution >= 0.6 is 0 Å². The Balaban J connectivity index is 2.57. The van der Waals surface area contributed by atoms with Crippen molar-refractivity contribution in [2.75, 3.05) is 6.54 Å². The molecule has 1 N–H and O–H groups in total. The minimum absolute atomic E-state index is 0.128. The van der Waals surface area contributed by atoms with Crippen LogP contribution in [0.4, 0.5) is 0 Å². The fraction of sp³-hybridized carbons (Fsp3) is 0.333. The molecule has 2 heterocycles. The molecule has 0 aliphatic rings. The molecule has 0 saturated heterocycles. The first-order chi connectivity index (χ1) is 8.95. The van der Waals surface area contributed by atoms with Crippen molar-refractivity contribution in [2.45, 2.75) is 26.2 Å². The minimum Gasteiger partial charge on any atom is -0.338 e. The van der Waals surface area contributed by atoms with Crippen LogP contribution in [-0.2, 0) is 5.41 Å². The van der Waals surface area contributed by atoms with Crippen molar-refractivity contribution in [1.82, 2.24) is 14.7 Å². The van der Waals surface area contributed by atoms with E-state index in [9.17, 15) is 4.79 Å². The molecular weight excluding hydrogens is 238 g/mol. The van der Waals surface area contributed by atoms with Gasteiger partial charge < -0.3 is 5.32 Å². The van der Waals surface area contributed by atoms with Crippen molar-refractivity contribution in [1.29, 1.82) is 0 Å². The zero-order valence-electron chi connectivity index (χ0n) is 11.4. The number of imidazole rings is 1. The Morgan fingerprint density at radius 2 is 2.21 bits per heavy atom. The number of nitrogens with one attached hydrogen (secondary N) is 1. The van der Waals surface area contributed by atoms with Gasteiger partial charge in [-0.2, -0.15) is 0 Å². The second-order valence-electron chi connectivity index (χ2n) is 5.38. The van der Waals surface area contributed by atoms with E-state index in [4.69, 9.17) is 6.42 Å². The third-order valence-electron chi connectivity index (χ3n) is 2.81. The molecule has 0 spiro atoms. The van der Waals surface area contributed by atoms with Crippen LogP contribution in [0.3, 0.4) is 0 Å². The Hall–Kier alpha value is -2.28. The highest BCUT2D eigenvalue weighted by Gasteiger charge is 2.24. The highest BCUT2D eigenvalue weighted by Crippen LogP contribution is 2.26. The van der Waals surface area contributed by atoms with Crippen LogP contribution in [0.1, 0.15) is 37.1 Å². The number of fused-ring (bicyclic) bond motifs is 1. The van der Waals surface area contributed by atoms with Crippen LogP contribution in [0.15, 0.2) is 24.4 Å². The monoisotopic (exact) mass is 255 g/mol. The number of aromatic nitrogens is 2. The van der Waals surface area contributed by atoms with Crippen LogP contribution in [0.2, 0.25) is 0 Å². The molecule has 0 radical (unpaired) electrons.